The van der Waals surface area contributed by atoms with E-state index in [4.69, 9.17) is 8.83 Å². The molecular formula is C24H20N2O4S. The summed E-state index contributed by atoms with van der Waals surface area (Å²) in [5.74, 6) is 1.94. The molecule has 2 aromatic heterocycles. The van der Waals surface area contributed by atoms with E-state index in [0.717, 1.165) is 56.6 Å². The van der Waals surface area contributed by atoms with Crippen molar-refractivity contribution in [2.24, 2.45) is 0 Å². The molecule has 1 saturated heterocycles. The number of furan rings is 1. The molecule has 2 amide bonds. The predicted molar refractivity (Wildman–Crippen MR) is 119 cm³/mol. The third kappa shape index (κ3) is 4.01. The van der Waals surface area contributed by atoms with Crippen molar-refractivity contribution in [1.82, 2.24) is 10.3 Å². The molecule has 7 heteroatoms. The van der Waals surface area contributed by atoms with Gasteiger partial charge in [0.05, 0.1) is 17.4 Å². The van der Waals surface area contributed by atoms with Gasteiger partial charge in [-0.3, -0.25) is 14.9 Å². The largest absolute Gasteiger partial charge is 0.461 e. The first-order valence-corrected chi connectivity index (χ1v) is 10.9. The maximum atomic E-state index is 11.8. The number of carbonyl (C=O) groups is 2. The Bertz CT molecular complexity index is 1320. The van der Waals surface area contributed by atoms with Gasteiger partial charge in [0.1, 0.15) is 17.1 Å². The second-order valence-corrected chi connectivity index (χ2v) is 8.92. The summed E-state index contributed by atoms with van der Waals surface area (Å²) >= 11 is 1.04. The number of aromatic nitrogens is 1. The minimum Gasteiger partial charge on any atom is -0.461 e. The van der Waals surface area contributed by atoms with E-state index in [2.05, 4.69) is 10.3 Å². The molecule has 0 bridgehead atoms. The van der Waals surface area contributed by atoms with Gasteiger partial charge in [0.2, 0.25) is 11.8 Å². The average molecular weight is 433 g/mol. The summed E-state index contributed by atoms with van der Waals surface area (Å²) in [6, 6.07) is 15.9. The first-order chi connectivity index (χ1) is 14.9. The molecule has 6 nitrogen and oxygen atoms in total. The maximum absolute atomic E-state index is 11.8. The summed E-state index contributed by atoms with van der Waals surface area (Å²) in [6.45, 7) is 3.95. The van der Waals surface area contributed by atoms with Gasteiger partial charge in [0, 0.05) is 10.9 Å². The van der Waals surface area contributed by atoms with Crippen molar-refractivity contribution in [3.8, 4) is 11.5 Å². The molecule has 0 radical (unpaired) electrons. The van der Waals surface area contributed by atoms with Crippen LogP contribution in [0.3, 0.4) is 0 Å². The van der Waals surface area contributed by atoms with E-state index in [1.807, 2.05) is 62.4 Å². The zero-order valence-electron chi connectivity index (χ0n) is 17.1. The molecule has 0 aliphatic carbocycles. The van der Waals surface area contributed by atoms with Crippen LogP contribution in [0.2, 0.25) is 0 Å². The van der Waals surface area contributed by atoms with Crippen molar-refractivity contribution in [2.45, 2.75) is 31.9 Å². The number of aryl methyl sites for hydroxylation is 2. The Morgan fingerprint density at radius 1 is 1.06 bits per heavy atom. The maximum Gasteiger partial charge on any atom is 0.286 e. The molecule has 5 rings (SSSR count). The van der Waals surface area contributed by atoms with Crippen LogP contribution in [0.25, 0.3) is 22.4 Å². The summed E-state index contributed by atoms with van der Waals surface area (Å²) in [6.07, 6.45) is 1.03. The lowest BCUT2D eigenvalue weighted by Crippen LogP contribution is -2.25. The fourth-order valence-corrected chi connectivity index (χ4v) is 4.62. The second kappa shape index (κ2) is 7.74. The highest BCUT2D eigenvalue weighted by atomic mass is 32.2. The molecule has 1 unspecified atom stereocenters. The fraction of sp³-hybridized carbons (Fsp3) is 0.208. The van der Waals surface area contributed by atoms with Gasteiger partial charge < -0.3 is 8.83 Å². The van der Waals surface area contributed by atoms with Crippen LogP contribution in [-0.2, 0) is 17.6 Å². The van der Waals surface area contributed by atoms with Crippen molar-refractivity contribution in [3.63, 3.8) is 0 Å². The molecule has 1 N–H and O–H groups in total. The molecule has 31 heavy (non-hydrogen) atoms. The lowest BCUT2D eigenvalue weighted by molar-refractivity contribution is -0.118. The van der Waals surface area contributed by atoms with Gasteiger partial charge in [-0.25, -0.2) is 4.98 Å². The van der Waals surface area contributed by atoms with Crippen LogP contribution in [0.15, 0.2) is 57.4 Å². The van der Waals surface area contributed by atoms with Crippen LogP contribution >= 0.6 is 11.8 Å². The Balaban J connectivity index is 1.36. The lowest BCUT2D eigenvalue weighted by Gasteiger charge is -2.04. The minimum atomic E-state index is -0.380. The number of hydrogen-bond donors (Lipinski definition) is 1. The molecule has 1 atom stereocenters. The highest BCUT2D eigenvalue weighted by Crippen LogP contribution is 2.28. The first-order valence-electron chi connectivity index (χ1n) is 10.0. The monoisotopic (exact) mass is 432 g/mol. The Morgan fingerprint density at radius 2 is 1.94 bits per heavy atom. The topological polar surface area (TPSA) is 85.3 Å². The number of fused-ring (bicyclic) bond motifs is 1. The number of carbonyl (C=O) groups excluding carboxylic acids is 2. The van der Waals surface area contributed by atoms with Crippen molar-refractivity contribution < 1.29 is 18.4 Å². The number of nitrogens with one attached hydrogen (secondary N) is 1. The molecule has 1 aliphatic rings. The normalized spacial score (nSPS) is 16.3. The zero-order chi connectivity index (χ0) is 21.5. The van der Waals surface area contributed by atoms with Crippen molar-refractivity contribution in [1.29, 1.82) is 0 Å². The molecule has 156 valence electrons. The summed E-state index contributed by atoms with van der Waals surface area (Å²) in [4.78, 5) is 27.9. The van der Waals surface area contributed by atoms with Crippen molar-refractivity contribution >= 4 is 33.9 Å². The van der Waals surface area contributed by atoms with Gasteiger partial charge in [-0.1, -0.05) is 35.5 Å². The Hall–Kier alpha value is -3.32. The highest BCUT2D eigenvalue weighted by Gasteiger charge is 2.31. The number of rotatable bonds is 5. The van der Waals surface area contributed by atoms with Gasteiger partial charge in [0.25, 0.3) is 5.24 Å². The average Bonchev–Trinajstić information content (AvgIpc) is 3.39. The van der Waals surface area contributed by atoms with Crippen LogP contribution in [0.5, 0.6) is 0 Å². The molecule has 0 spiro atoms. The summed E-state index contributed by atoms with van der Waals surface area (Å²) < 4.78 is 11.9. The van der Waals surface area contributed by atoms with Gasteiger partial charge >= 0.3 is 0 Å². The summed E-state index contributed by atoms with van der Waals surface area (Å²) in [5, 5.41) is 2.63. The molecule has 2 aromatic carbocycles. The number of hydrogen-bond acceptors (Lipinski definition) is 6. The number of nitrogens with zero attached hydrogens (tertiary/aromatic N) is 1. The Kier molecular flexibility index (Phi) is 4.90. The van der Waals surface area contributed by atoms with E-state index < -0.39 is 0 Å². The van der Waals surface area contributed by atoms with Gasteiger partial charge in [0.15, 0.2) is 0 Å². The van der Waals surface area contributed by atoms with E-state index in [0.29, 0.717) is 18.7 Å². The molecular weight excluding hydrogens is 412 g/mol. The fourth-order valence-electron chi connectivity index (χ4n) is 3.76. The smallest absolute Gasteiger partial charge is 0.286 e. The van der Waals surface area contributed by atoms with E-state index in [1.54, 1.807) is 0 Å². The Morgan fingerprint density at radius 3 is 2.71 bits per heavy atom. The Labute approximate surface area is 183 Å². The summed E-state index contributed by atoms with van der Waals surface area (Å²) in [5.41, 5.74) is 4.71. The number of amides is 2. The van der Waals surface area contributed by atoms with Gasteiger partial charge in [-0.15, -0.1) is 0 Å². The van der Waals surface area contributed by atoms with Crippen LogP contribution in [0, 0.1) is 13.8 Å². The first kappa shape index (κ1) is 19.6. The predicted octanol–water partition coefficient (Wildman–Crippen LogP) is 5.19. The summed E-state index contributed by atoms with van der Waals surface area (Å²) in [7, 11) is 0. The number of benzene rings is 2. The minimum absolute atomic E-state index is 0.228. The van der Waals surface area contributed by atoms with Gasteiger partial charge in [-0.2, -0.15) is 0 Å². The molecule has 3 heterocycles. The lowest BCUT2D eigenvalue weighted by atomic mass is 10.1. The van der Waals surface area contributed by atoms with Gasteiger partial charge in [-0.05, 0) is 56.2 Å². The van der Waals surface area contributed by atoms with E-state index >= 15 is 0 Å². The van der Waals surface area contributed by atoms with Crippen LogP contribution in [-0.4, -0.2) is 21.4 Å². The van der Waals surface area contributed by atoms with E-state index in [1.165, 1.54) is 0 Å². The third-order valence-corrected chi connectivity index (χ3v) is 6.30. The van der Waals surface area contributed by atoms with E-state index in [9.17, 15) is 9.59 Å². The van der Waals surface area contributed by atoms with Crippen LogP contribution in [0.4, 0.5) is 4.79 Å². The number of imide groups is 1. The standard InChI is InChI=1S/C24H20N2O4S/c1-13-4-3-5-16(8-13)23-25-19(14(2)29-23)12-18-11-17-9-15(6-7-20(17)30-18)10-21-22(27)26-24(28)31-21/h3-9,11,21H,10,12H2,1-2H3,(H,26,27,28). The molecule has 1 aliphatic heterocycles. The molecule has 0 saturated carbocycles. The van der Waals surface area contributed by atoms with E-state index in [-0.39, 0.29) is 16.4 Å². The molecule has 4 aromatic rings. The second-order valence-electron chi connectivity index (χ2n) is 7.74. The zero-order valence-corrected chi connectivity index (χ0v) is 17.9. The van der Waals surface area contributed by atoms with Crippen molar-refractivity contribution in [3.05, 3.63) is 76.9 Å². The van der Waals surface area contributed by atoms with Crippen LogP contribution in [0.1, 0.15) is 28.3 Å². The van der Waals surface area contributed by atoms with Crippen LogP contribution < -0.4 is 5.32 Å². The quantitative estimate of drug-likeness (QED) is 0.467. The number of oxazole rings is 1. The third-order valence-electron chi connectivity index (χ3n) is 5.32. The highest BCUT2D eigenvalue weighted by molar-refractivity contribution is 8.15. The van der Waals surface area contributed by atoms with Crippen molar-refractivity contribution in [2.75, 3.05) is 0 Å². The molecule has 1 fully saturated rings. The SMILES string of the molecule is Cc1cccc(-c2nc(Cc3cc4cc(CC5SC(=O)NC5=O)ccc4o3)c(C)o2)c1. The number of thioether (sulfide) groups is 1.